The molecule has 0 aromatic carbocycles. The second-order valence-corrected chi connectivity index (χ2v) is 3.93. The van der Waals surface area contributed by atoms with Crippen LogP contribution in [0.2, 0.25) is 0 Å². The van der Waals surface area contributed by atoms with Crippen LogP contribution in [0, 0.1) is 0 Å². The van der Waals surface area contributed by atoms with E-state index in [1.165, 1.54) is 11.4 Å². The molecule has 2 aromatic rings. The SMILES string of the molecule is Cn1nccc1CCn1cccc1CCN. The molecule has 0 radical (unpaired) electrons. The molecule has 2 N–H and O–H groups in total. The zero-order valence-corrected chi connectivity index (χ0v) is 9.63. The smallest absolute Gasteiger partial charge is 0.0492 e. The third-order valence-electron chi connectivity index (χ3n) is 2.86. The number of rotatable bonds is 5. The maximum absolute atomic E-state index is 5.58. The Morgan fingerprint density at radius 1 is 1.25 bits per heavy atom. The molecular weight excluding hydrogens is 200 g/mol. The normalized spacial score (nSPS) is 10.9. The summed E-state index contributed by atoms with van der Waals surface area (Å²) in [7, 11) is 1.98. The number of hydrogen-bond acceptors (Lipinski definition) is 2. The van der Waals surface area contributed by atoms with Gasteiger partial charge in [0.25, 0.3) is 0 Å². The van der Waals surface area contributed by atoms with Gasteiger partial charge in [-0.15, -0.1) is 0 Å². The van der Waals surface area contributed by atoms with Gasteiger partial charge in [0.2, 0.25) is 0 Å². The van der Waals surface area contributed by atoms with Crippen molar-refractivity contribution in [2.45, 2.75) is 19.4 Å². The summed E-state index contributed by atoms with van der Waals surface area (Å²) >= 11 is 0. The van der Waals surface area contributed by atoms with Crippen LogP contribution in [0.1, 0.15) is 11.4 Å². The molecule has 2 aromatic heterocycles. The summed E-state index contributed by atoms with van der Waals surface area (Å²) in [5, 5.41) is 4.16. The van der Waals surface area contributed by atoms with Crippen molar-refractivity contribution in [3.05, 3.63) is 42.0 Å². The lowest BCUT2D eigenvalue weighted by atomic mass is 10.3. The first-order valence-electron chi connectivity index (χ1n) is 5.62. The zero-order valence-electron chi connectivity index (χ0n) is 9.63. The van der Waals surface area contributed by atoms with E-state index in [2.05, 4.69) is 34.1 Å². The lowest BCUT2D eigenvalue weighted by Crippen LogP contribution is -2.11. The molecule has 16 heavy (non-hydrogen) atoms. The lowest BCUT2D eigenvalue weighted by molar-refractivity contribution is 0.619. The highest BCUT2D eigenvalue weighted by molar-refractivity contribution is 5.08. The van der Waals surface area contributed by atoms with Gasteiger partial charge in [-0.1, -0.05) is 0 Å². The molecule has 2 heterocycles. The molecule has 2 rings (SSSR count). The second-order valence-electron chi connectivity index (χ2n) is 3.93. The first-order valence-corrected chi connectivity index (χ1v) is 5.62. The number of hydrogen-bond donors (Lipinski definition) is 1. The second kappa shape index (κ2) is 4.99. The minimum absolute atomic E-state index is 0.704. The van der Waals surface area contributed by atoms with Gasteiger partial charge in [0.05, 0.1) is 0 Å². The minimum Gasteiger partial charge on any atom is -0.351 e. The van der Waals surface area contributed by atoms with Crippen molar-refractivity contribution in [2.24, 2.45) is 12.8 Å². The van der Waals surface area contributed by atoms with Crippen LogP contribution in [0.5, 0.6) is 0 Å². The van der Waals surface area contributed by atoms with Crippen LogP contribution < -0.4 is 5.73 Å². The van der Waals surface area contributed by atoms with Gasteiger partial charge in [0.15, 0.2) is 0 Å². The average Bonchev–Trinajstić information content (AvgIpc) is 2.86. The highest BCUT2D eigenvalue weighted by atomic mass is 15.3. The molecule has 0 aliphatic heterocycles. The van der Waals surface area contributed by atoms with Crippen LogP contribution in [-0.2, 0) is 26.4 Å². The highest BCUT2D eigenvalue weighted by Gasteiger charge is 2.02. The van der Waals surface area contributed by atoms with E-state index in [-0.39, 0.29) is 0 Å². The molecule has 0 saturated carbocycles. The number of nitrogens with two attached hydrogens (primary N) is 1. The summed E-state index contributed by atoms with van der Waals surface area (Å²) in [5.74, 6) is 0. The van der Waals surface area contributed by atoms with Crippen LogP contribution in [0.15, 0.2) is 30.6 Å². The fourth-order valence-electron chi connectivity index (χ4n) is 1.92. The Hall–Kier alpha value is -1.55. The molecule has 4 heteroatoms. The number of aromatic nitrogens is 3. The maximum Gasteiger partial charge on any atom is 0.0492 e. The van der Waals surface area contributed by atoms with Gasteiger partial charge in [-0.25, -0.2) is 0 Å². The Balaban J connectivity index is 1.99. The third-order valence-corrected chi connectivity index (χ3v) is 2.86. The van der Waals surface area contributed by atoms with Crippen molar-refractivity contribution in [3.63, 3.8) is 0 Å². The molecular formula is C12H18N4. The summed E-state index contributed by atoms with van der Waals surface area (Å²) in [6, 6.07) is 6.27. The molecule has 0 atom stereocenters. The standard InChI is InChI=1S/C12H18N4/c1-15-11(5-8-14-15)6-10-16-9-2-3-12(16)4-7-13/h2-3,5,8-9H,4,6-7,10,13H2,1H3. The molecule has 4 nitrogen and oxygen atoms in total. The van der Waals surface area contributed by atoms with Gasteiger partial charge in [-0.2, -0.15) is 5.10 Å². The Labute approximate surface area is 95.7 Å². The Kier molecular flexibility index (Phi) is 3.41. The van der Waals surface area contributed by atoms with Crippen molar-refractivity contribution in [1.29, 1.82) is 0 Å². The monoisotopic (exact) mass is 218 g/mol. The molecule has 86 valence electrons. The van der Waals surface area contributed by atoms with E-state index in [1.54, 1.807) is 0 Å². The van der Waals surface area contributed by atoms with E-state index in [0.717, 1.165) is 19.4 Å². The highest BCUT2D eigenvalue weighted by Crippen LogP contribution is 2.06. The Morgan fingerprint density at radius 3 is 2.81 bits per heavy atom. The summed E-state index contributed by atoms with van der Waals surface area (Å²) < 4.78 is 4.19. The fourth-order valence-corrected chi connectivity index (χ4v) is 1.92. The fraction of sp³-hybridized carbons (Fsp3) is 0.417. The molecule has 0 spiro atoms. The van der Waals surface area contributed by atoms with E-state index < -0.39 is 0 Å². The first kappa shape index (κ1) is 11.0. The zero-order chi connectivity index (χ0) is 11.4. The molecule has 0 aliphatic rings. The molecule has 0 fully saturated rings. The minimum atomic E-state index is 0.704. The van der Waals surface area contributed by atoms with Crippen LogP contribution in [0.3, 0.4) is 0 Å². The van der Waals surface area contributed by atoms with Crippen LogP contribution in [0.4, 0.5) is 0 Å². The summed E-state index contributed by atoms with van der Waals surface area (Å²) in [4.78, 5) is 0. The predicted octanol–water partition coefficient (Wildman–Crippen LogP) is 0.966. The van der Waals surface area contributed by atoms with Crippen LogP contribution in [-0.4, -0.2) is 20.9 Å². The molecule has 0 saturated heterocycles. The van der Waals surface area contributed by atoms with Crippen molar-refractivity contribution in [3.8, 4) is 0 Å². The summed E-state index contributed by atoms with van der Waals surface area (Å²) in [6.45, 7) is 1.69. The van der Waals surface area contributed by atoms with Crippen molar-refractivity contribution >= 4 is 0 Å². The predicted molar refractivity (Wildman–Crippen MR) is 64.1 cm³/mol. The molecule has 0 bridgehead atoms. The lowest BCUT2D eigenvalue weighted by Gasteiger charge is -2.08. The van der Waals surface area contributed by atoms with E-state index >= 15 is 0 Å². The Morgan fingerprint density at radius 2 is 2.12 bits per heavy atom. The van der Waals surface area contributed by atoms with Crippen molar-refractivity contribution in [2.75, 3.05) is 6.54 Å². The topological polar surface area (TPSA) is 48.8 Å². The van der Waals surface area contributed by atoms with Gasteiger partial charge in [-0.05, 0) is 31.2 Å². The number of aryl methyl sites for hydroxylation is 3. The van der Waals surface area contributed by atoms with Gasteiger partial charge in [0, 0.05) is 43.8 Å². The first-order chi connectivity index (χ1) is 7.81. The third kappa shape index (κ3) is 2.33. The summed E-state index contributed by atoms with van der Waals surface area (Å²) in [5.41, 5.74) is 8.14. The van der Waals surface area contributed by atoms with E-state index in [9.17, 15) is 0 Å². The largest absolute Gasteiger partial charge is 0.351 e. The molecule has 0 aliphatic carbocycles. The maximum atomic E-state index is 5.58. The van der Waals surface area contributed by atoms with Crippen LogP contribution in [0.25, 0.3) is 0 Å². The Bertz CT molecular complexity index is 441. The summed E-state index contributed by atoms with van der Waals surface area (Å²) in [6.07, 6.45) is 5.90. The van der Waals surface area contributed by atoms with Gasteiger partial charge in [0.1, 0.15) is 0 Å². The van der Waals surface area contributed by atoms with Gasteiger partial charge >= 0.3 is 0 Å². The molecule has 0 unspecified atom stereocenters. The van der Waals surface area contributed by atoms with E-state index in [0.29, 0.717) is 6.54 Å². The average molecular weight is 218 g/mol. The van der Waals surface area contributed by atoms with Crippen molar-refractivity contribution < 1.29 is 0 Å². The van der Waals surface area contributed by atoms with Crippen molar-refractivity contribution in [1.82, 2.24) is 14.3 Å². The quantitative estimate of drug-likeness (QED) is 0.812. The van der Waals surface area contributed by atoms with Crippen LogP contribution >= 0.6 is 0 Å². The van der Waals surface area contributed by atoms with Gasteiger partial charge < -0.3 is 10.3 Å². The van der Waals surface area contributed by atoms with E-state index in [1.807, 2.05) is 17.9 Å². The van der Waals surface area contributed by atoms with Gasteiger partial charge in [-0.3, -0.25) is 4.68 Å². The van der Waals surface area contributed by atoms with E-state index in [4.69, 9.17) is 5.73 Å². The number of nitrogens with zero attached hydrogens (tertiary/aromatic N) is 3. The molecule has 0 amide bonds.